The SMILES string of the molecule is O[C@H]1CC=C2CCN3Cc4cc5c(cc4[C@@H]1[C@@H]23)OCO5. The topological polar surface area (TPSA) is 41.9 Å². The van der Waals surface area contributed by atoms with Crippen LogP contribution < -0.4 is 9.47 Å². The second-order valence-electron chi connectivity index (χ2n) is 6.18. The molecule has 20 heavy (non-hydrogen) atoms. The van der Waals surface area contributed by atoms with Gasteiger partial charge in [-0.25, -0.2) is 0 Å². The van der Waals surface area contributed by atoms with Gasteiger partial charge in [-0.15, -0.1) is 0 Å². The first-order valence-corrected chi connectivity index (χ1v) is 7.35. The molecule has 4 nitrogen and oxygen atoms in total. The minimum atomic E-state index is -0.288. The Hall–Kier alpha value is -1.52. The Kier molecular flexibility index (Phi) is 2.11. The fourth-order valence-corrected chi connectivity index (χ4v) is 4.32. The molecule has 1 fully saturated rings. The van der Waals surface area contributed by atoms with Gasteiger partial charge in [0, 0.05) is 25.0 Å². The lowest BCUT2D eigenvalue weighted by Gasteiger charge is -2.43. The van der Waals surface area contributed by atoms with E-state index in [1.807, 2.05) is 0 Å². The van der Waals surface area contributed by atoms with Crippen molar-refractivity contribution in [2.24, 2.45) is 0 Å². The van der Waals surface area contributed by atoms with Gasteiger partial charge in [-0.3, -0.25) is 4.90 Å². The van der Waals surface area contributed by atoms with E-state index < -0.39 is 0 Å². The Balaban J connectivity index is 1.70. The lowest BCUT2D eigenvalue weighted by molar-refractivity contribution is 0.0830. The molecule has 0 spiro atoms. The van der Waals surface area contributed by atoms with Crippen LogP contribution >= 0.6 is 0 Å². The molecular formula is C16H17NO3. The van der Waals surface area contributed by atoms with E-state index in [4.69, 9.17) is 9.47 Å². The van der Waals surface area contributed by atoms with E-state index in [2.05, 4.69) is 23.1 Å². The van der Waals surface area contributed by atoms with Crippen LogP contribution in [-0.2, 0) is 6.54 Å². The number of aliphatic hydroxyl groups excluding tert-OH is 1. The largest absolute Gasteiger partial charge is 0.454 e. The zero-order valence-corrected chi connectivity index (χ0v) is 11.2. The molecule has 104 valence electrons. The Morgan fingerprint density at radius 1 is 1.20 bits per heavy atom. The van der Waals surface area contributed by atoms with E-state index in [0.717, 1.165) is 37.4 Å². The number of benzene rings is 1. The van der Waals surface area contributed by atoms with Gasteiger partial charge in [0.25, 0.3) is 0 Å². The van der Waals surface area contributed by atoms with Crippen molar-refractivity contribution in [3.63, 3.8) is 0 Å². The molecule has 3 aliphatic heterocycles. The molecule has 3 atom stereocenters. The Morgan fingerprint density at radius 3 is 2.95 bits per heavy atom. The highest BCUT2D eigenvalue weighted by Crippen LogP contribution is 2.49. The van der Waals surface area contributed by atoms with Gasteiger partial charge in [0.2, 0.25) is 6.79 Å². The van der Waals surface area contributed by atoms with Crippen molar-refractivity contribution in [2.45, 2.75) is 37.5 Å². The predicted molar refractivity (Wildman–Crippen MR) is 72.8 cm³/mol. The van der Waals surface area contributed by atoms with E-state index in [0.29, 0.717) is 12.8 Å². The van der Waals surface area contributed by atoms with Gasteiger partial charge in [0.15, 0.2) is 11.5 Å². The second kappa shape index (κ2) is 3.77. The third kappa shape index (κ3) is 1.33. The van der Waals surface area contributed by atoms with Gasteiger partial charge < -0.3 is 14.6 Å². The van der Waals surface area contributed by atoms with E-state index in [1.165, 1.54) is 16.7 Å². The molecule has 0 bridgehead atoms. The number of rotatable bonds is 0. The first-order valence-electron chi connectivity index (χ1n) is 7.35. The lowest BCUT2D eigenvalue weighted by Crippen LogP contribution is -2.45. The molecular weight excluding hydrogens is 254 g/mol. The Morgan fingerprint density at radius 2 is 2.05 bits per heavy atom. The van der Waals surface area contributed by atoms with Crippen molar-refractivity contribution in [3.8, 4) is 11.5 Å². The molecule has 4 heteroatoms. The summed E-state index contributed by atoms with van der Waals surface area (Å²) in [5, 5.41) is 10.5. The molecule has 1 aromatic rings. The third-order valence-electron chi connectivity index (χ3n) is 5.20. The standard InChI is InChI=1S/C16H17NO3/c18-12-2-1-9-3-4-17-7-10-5-13-14(20-8-19-13)6-11(10)15(12)16(9)17/h1,5-6,12,15-16,18H,2-4,7-8H2/t12-,15-,16+/m0/s1. The minimum absolute atomic E-state index is 0.191. The van der Waals surface area contributed by atoms with Crippen molar-refractivity contribution < 1.29 is 14.6 Å². The maximum absolute atomic E-state index is 10.5. The normalized spacial score (nSPS) is 33.6. The van der Waals surface area contributed by atoms with Crippen LogP contribution in [0.3, 0.4) is 0 Å². The average molecular weight is 271 g/mol. The van der Waals surface area contributed by atoms with Crippen LogP contribution in [0, 0.1) is 0 Å². The highest BCUT2D eigenvalue weighted by molar-refractivity contribution is 5.53. The van der Waals surface area contributed by atoms with Gasteiger partial charge in [-0.2, -0.15) is 0 Å². The number of fused-ring (bicyclic) bond motifs is 3. The number of hydrogen-bond donors (Lipinski definition) is 1. The fraction of sp³-hybridized carbons (Fsp3) is 0.500. The summed E-state index contributed by atoms with van der Waals surface area (Å²) >= 11 is 0. The van der Waals surface area contributed by atoms with Crippen LogP contribution in [0.1, 0.15) is 29.9 Å². The van der Waals surface area contributed by atoms with E-state index >= 15 is 0 Å². The summed E-state index contributed by atoms with van der Waals surface area (Å²) in [6.45, 7) is 2.37. The highest BCUT2D eigenvalue weighted by atomic mass is 16.7. The molecule has 0 aromatic heterocycles. The van der Waals surface area contributed by atoms with Gasteiger partial charge >= 0.3 is 0 Å². The van der Waals surface area contributed by atoms with Crippen LogP contribution in [0.4, 0.5) is 0 Å². The summed E-state index contributed by atoms with van der Waals surface area (Å²) in [5.74, 6) is 1.87. The first kappa shape index (κ1) is 11.2. The summed E-state index contributed by atoms with van der Waals surface area (Å²) in [6, 6.07) is 4.60. The fourth-order valence-electron chi connectivity index (χ4n) is 4.32. The van der Waals surface area contributed by atoms with Crippen molar-refractivity contribution in [1.82, 2.24) is 4.90 Å². The number of nitrogens with zero attached hydrogens (tertiary/aromatic N) is 1. The van der Waals surface area contributed by atoms with E-state index in [9.17, 15) is 5.11 Å². The molecule has 1 N–H and O–H groups in total. The Labute approximate surface area is 117 Å². The maximum Gasteiger partial charge on any atom is 0.231 e. The second-order valence-corrected chi connectivity index (χ2v) is 6.18. The summed E-state index contributed by atoms with van der Waals surface area (Å²) < 4.78 is 11.0. The number of hydrogen-bond acceptors (Lipinski definition) is 4. The number of aliphatic hydroxyl groups is 1. The molecule has 0 saturated carbocycles. The van der Waals surface area contributed by atoms with Gasteiger partial charge in [0.1, 0.15) is 0 Å². The molecule has 1 saturated heterocycles. The molecule has 3 heterocycles. The van der Waals surface area contributed by atoms with Gasteiger partial charge in [0.05, 0.1) is 6.10 Å². The van der Waals surface area contributed by atoms with Crippen LogP contribution in [-0.4, -0.2) is 35.5 Å². The maximum atomic E-state index is 10.5. The first-order chi connectivity index (χ1) is 9.81. The summed E-state index contributed by atoms with van der Waals surface area (Å²) in [5.41, 5.74) is 4.07. The summed E-state index contributed by atoms with van der Waals surface area (Å²) in [6.07, 6.45) is 3.89. The molecule has 0 amide bonds. The smallest absolute Gasteiger partial charge is 0.231 e. The molecule has 4 aliphatic rings. The highest BCUT2D eigenvalue weighted by Gasteiger charge is 2.46. The zero-order valence-electron chi connectivity index (χ0n) is 11.2. The van der Waals surface area contributed by atoms with Crippen LogP contribution in [0.25, 0.3) is 0 Å². The van der Waals surface area contributed by atoms with Crippen molar-refractivity contribution in [3.05, 3.63) is 34.9 Å². The van der Waals surface area contributed by atoms with Gasteiger partial charge in [-0.1, -0.05) is 11.6 Å². The molecule has 0 radical (unpaired) electrons. The Bertz CT molecular complexity index is 624. The summed E-state index contributed by atoms with van der Waals surface area (Å²) in [7, 11) is 0. The molecule has 0 unspecified atom stereocenters. The van der Waals surface area contributed by atoms with Gasteiger partial charge in [-0.05, 0) is 36.1 Å². The molecule has 1 aliphatic carbocycles. The third-order valence-corrected chi connectivity index (χ3v) is 5.20. The average Bonchev–Trinajstić information content (AvgIpc) is 3.06. The summed E-state index contributed by atoms with van der Waals surface area (Å²) in [4.78, 5) is 2.50. The minimum Gasteiger partial charge on any atom is -0.454 e. The molecule has 1 aromatic carbocycles. The zero-order chi connectivity index (χ0) is 13.3. The van der Waals surface area contributed by atoms with Crippen LogP contribution in [0.15, 0.2) is 23.8 Å². The number of ether oxygens (including phenoxy) is 2. The lowest BCUT2D eigenvalue weighted by atomic mass is 9.74. The van der Waals surface area contributed by atoms with Crippen molar-refractivity contribution in [2.75, 3.05) is 13.3 Å². The van der Waals surface area contributed by atoms with Crippen LogP contribution in [0.2, 0.25) is 0 Å². The quantitative estimate of drug-likeness (QED) is 0.730. The molecule has 5 rings (SSSR count). The van der Waals surface area contributed by atoms with E-state index in [1.54, 1.807) is 0 Å². The van der Waals surface area contributed by atoms with Crippen LogP contribution in [0.5, 0.6) is 11.5 Å². The van der Waals surface area contributed by atoms with E-state index in [-0.39, 0.29) is 12.0 Å². The predicted octanol–water partition coefficient (Wildman–Crippen LogP) is 1.78. The monoisotopic (exact) mass is 271 g/mol. The van der Waals surface area contributed by atoms with Crippen molar-refractivity contribution in [1.29, 1.82) is 0 Å². The van der Waals surface area contributed by atoms with Crippen molar-refractivity contribution >= 4 is 0 Å².